The van der Waals surface area contributed by atoms with Crippen molar-refractivity contribution in [2.45, 2.75) is 36.8 Å². The fraction of sp³-hybridized carbons (Fsp3) is 0.526. The maximum atomic E-state index is 12.8. The molecule has 4 aliphatic heterocycles. The first-order valence-corrected chi connectivity index (χ1v) is 10.4. The van der Waals surface area contributed by atoms with Gasteiger partial charge in [-0.2, -0.15) is 0 Å². The number of imide groups is 1. The highest BCUT2D eigenvalue weighted by Crippen LogP contribution is 2.40. The summed E-state index contributed by atoms with van der Waals surface area (Å²) in [6.07, 6.45) is 0.683. The number of piperidine rings is 1. The molecule has 5 rings (SSSR count). The van der Waals surface area contributed by atoms with Crippen LogP contribution in [0.15, 0.2) is 18.2 Å². The monoisotopic (exact) mass is 386 g/mol. The number of nitrogens with zero attached hydrogens (tertiary/aromatic N) is 2. The molecule has 1 aromatic carbocycles. The molecule has 2 N–H and O–H groups in total. The van der Waals surface area contributed by atoms with Crippen molar-refractivity contribution in [1.82, 2.24) is 20.4 Å². The molecule has 0 aromatic heterocycles. The molecule has 8 heteroatoms. The second-order valence-electron chi connectivity index (χ2n) is 7.71. The first-order chi connectivity index (χ1) is 13.1. The number of thioether (sulfide) groups is 1. The Morgan fingerprint density at radius 1 is 1.22 bits per heavy atom. The van der Waals surface area contributed by atoms with Crippen LogP contribution < -0.4 is 10.6 Å². The lowest BCUT2D eigenvalue weighted by Crippen LogP contribution is -2.64. The van der Waals surface area contributed by atoms with E-state index in [1.807, 2.05) is 23.9 Å². The zero-order valence-electron chi connectivity index (χ0n) is 15.0. The lowest BCUT2D eigenvalue weighted by molar-refractivity contribution is -0.136. The summed E-state index contributed by atoms with van der Waals surface area (Å²) in [5.41, 5.74) is 2.87. The van der Waals surface area contributed by atoms with Crippen LogP contribution in [0.5, 0.6) is 0 Å². The number of fused-ring (bicyclic) bond motifs is 1. The normalized spacial score (nSPS) is 27.0. The van der Waals surface area contributed by atoms with Gasteiger partial charge in [-0.25, -0.2) is 0 Å². The molecule has 3 amide bonds. The van der Waals surface area contributed by atoms with Crippen LogP contribution in [0.1, 0.15) is 34.3 Å². The Kier molecular flexibility index (Phi) is 4.03. The van der Waals surface area contributed by atoms with Gasteiger partial charge in [0.05, 0.1) is 4.87 Å². The quantitative estimate of drug-likeness (QED) is 0.727. The van der Waals surface area contributed by atoms with Gasteiger partial charge in [0.25, 0.3) is 5.91 Å². The van der Waals surface area contributed by atoms with Gasteiger partial charge in [-0.05, 0) is 23.6 Å². The summed E-state index contributed by atoms with van der Waals surface area (Å²) in [6.45, 7) is 4.48. The molecule has 0 bridgehead atoms. The Labute approximate surface area is 161 Å². The third-order valence-electron chi connectivity index (χ3n) is 6.07. The molecule has 3 saturated heterocycles. The number of benzene rings is 1. The highest BCUT2D eigenvalue weighted by Gasteiger charge is 2.46. The summed E-state index contributed by atoms with van der Waals surface area (Å²) in [4.78, 5) is 40.7. The van der Waals surface area contributed by atoms with Crippen molar-refractivity contribution >= 4 is 29.5 Å². The molecule has 0 saturated carbocycles. The van der Waals surface area contributed by atoms with Crippen molar-refractivity contribution in [3.8, 4) is 0 Å². The molecule has 1 aromatic rings. The first-order valence-electron chi connectivity index (χ1n) is 9.42. The first kappa shape index (κ1) is 17.2. The molecule has 4 heterocycles. The van der Waals surface area contributed by atoms with Gasteiger partial charge in [0.2, 0.25) is 11.8 Å². The Morgan fingerprint density at radius 2 is 2.07 bits per heavy atom. The maximum Gasteiger partial charge on any atom is 0.255 e. The Bertz CT molecular complexity index is 838. The average Bonchev–Trinajstić information content (AvgIpc) is 3.17. The van der Waals surface area contributed by atoms with Gasteiger partial charge in [0, 0.05) is 50.5 Å². The highest BCUT2D eigenvalue weighted by atomic mass is 32.2. The van der Waals surface area contributed by atoms with E-state index in [0.29, 0.717) is 18.5 Å². The van der Waals surface area contributed by atoms with E-state index >= 15 is 0 Å². The number of carbonyl (C=O) groups excluding carboxylic acids is 3. The molecular weight excluding hydrogens is 364 g/mol. The maximum absolute atomic E-state index is 12.8. The highest BCUT2D eigenvalue weighted by molar-refractivity contribution is 8.01. The smallest absolute Gasteiger partial charge is 0.255 e. The fourth-order valence-electron chi connectivity index (χ4n) is 4.48. The minimum atomic E-state index is -0.551. The van der Waals surface area contributed by atoms with Gasteiger partial charge in [-0.15, -0.1) is 11.8 Å². The molecule has 4 aliphatic rings. The van der Waals surface area contributed by atoms with E-state index in [2.05, 4.69) is 21.6 Å². The van der Waals surface area contributed by atoms with E-state index in [9.17, 15) is 14.4 Å². The third-order valence-corrected chi connectivity index (χ3v) is 7.54. The second kappa shape index (κ2) is 6.32. The minimum Gasteiger partial charge on any atom is -0.322 e. The van der Waals surface area contributed by atoms with E-state index in [-0.39, 0.29) is 29.0 Å². The van der Waals surface area contributed by atoms with Crippen LogP contribution in [0.3, 0.4) is 0 Å². The molecule has 1 spiro atoms. The summed E-state index contributed by atoms with van der Waals surface area (Å²) in [5, 5.41) is 5.73. The van der Waals surface area contributed by atoms with Gasteiger partial charge < -0.3 is 10.2 Å². The molecule has 27 heavy (non-hydrogen) atoms. The van der Waals surface area contributed by atoms with Crippen molar-refractivity contribution in [3.05, 3.63) is 34.9 Å². The Balaban J connectivity index is 1.33. The number of rotatable bonds is 3. The van der Waals surface area contributed by atoms with Gasteiger partial charge in [0.15, 0.2) is 0 Å². The van der Waals surface area contributed by atoms with Crippen molar-refractivity contribution in [3.63, 3.8) is 0 Å². The van der Waals surface area contributed by atoms with Crippen molar-refractivity contribution < 1.29 is 14.4 Å². The van der Waals surface area contributed by atoms with Gasteiger partial charge in [0.1, 0.15) is 6.04 Å². The van der Waals surface area contributed by atoms with Crippen LogP contribution in [0.4, 0.5) is 0 Å². The number of hydrogen-bond donors (Lipinski definition) is 2. The molecule has 142 valence electrons. The van der Waals surface area contributed by atoms with Crippen LogP contribution in [0.25, 0.3) is 0 Å². The average molecular weight is 386 g/mol. The SMILES string of the molecule is O=C1CCC(N2Cc3cc(CN4CCSC45CNC5)ccc3C2=O)C(=O)N1. The van der Waals surface area contributed by atoms with Crippen LogP contribution in [0, 0.1) is 0 Å². The standard InChI is InChI=1S/C19H22N4O3S/c24-16-4-3-15(17(25)21-16)23-9-13-7-12(1-2-14(13)18(23)26)8-22-5-6-27-19(22)10-20-11-19/h1-2,7,15,20H,3-6,8-11H2,(H,21,24,25). The topological polar surface area (TPSA) is 81.8 Å². The van der Waals surface area contributed by atoms with Crippen molar-refractivity contribution in [2.24, 2.45) is 0 Å². The van der Waals surface area contributed by atoms with Crippen LogP contribution in [-0.4, -0.2) is 63.8 Å². The lowest BCUT2D eigenvalue weighted by atomic mass is 10.0. The third kappa shape index (κ3) is 2.78. The number of nitrogens with one attached hydrogen (secondary N) is 2. The van der Waals surface area contributed by atoms with Crippen LogP contribution in [-0.2, 0) is 22.7 Å². The number of amides is 3. The number of carbonyl (C=O) groups is 3. The van der Waals surface area contributed by atoms with Gasteiger partial charge in [-0.1, -0.05) is 12.1 Å². The predicted octanol–water partition coefficient (Wildman–Crippen LogP) is 0.296. The molecule has 0 aliphatic carbocycles. The van der Waals surface area contributed by atoms with E-state index in [0.717, 1.165) is 37.5 Å². The molecular formula is C19H22N4O3S. The Morgan fingerprint density at radius 3 is 2.81 bits per heavy atom. The molecule has 0 radical (unpaired) electrons. The number of hydrogen-bond acceptors (Lipinski definition) is 6. The predicted molar refractivity (Wildman–Crippen MR) is 101 cm³/mol. The van der Waals surface area contributed by atoms with Crippen LogP contribution in [0.2, 0.25) is 0 Å². The van der Waals surface area contributed by atoms with E-state index < -0.39 is 6.04 Å². The van der Waals surface area contributed by atoms with E-state index in [1.54, 1.807) is 4.90 Å². The summed E-state index contributed by atoms with van der Waals surface area (Å²) >= 11 is 2.03. The molecule has 3 fully saturated rings. The van der Waals surface area contributed by atoms with Crippen molar-refractivity contribution in [1.29, 1.82) is 0 Å². The Hall–Kier alpha value is -1.90. The summed E-state index contributed by atoms with van der Waals surface area (Å²) < 4.78 is 0. The van der Waals surface area contributed by atoms with Gasteiger partial charge in [-0.3, -0.25) is 24.6 Å². The van der Waals surface area contributed by atoms with Crippen molar-refractivity contribution in [2.75, 3.05) is 25.4 Å². The van der Waals surface area contributed by atoms with E-state index in [1.165, 1.54) is 5.56 Å². The van der Waals surface area contributed by atoms with Crippen LogP contribution >= 0.6 is 11.8 Å². The summed E-state index contributed by atoms with van der Waals surface area (Å²) in [7, 11) is 0. The molecule has 1 atom stereocenters. The lowest BCUT2D eigenvalue weighted by Gasteiger charge is -2.45. The summed E-state index contributed by atoms with van der Waals surface area (Å²) in [6, 6.07) is 5.49. The minimum absolute atomic E-state index is 0.109. The van der Waals surface area contributed by atoms with E-state index in [4.69, 9.17) is 0 Å². The zero-order chi connectivity index (χ0) is 18.6. The second-order valence-corrected chi connectivity index (χ2v) is 9.17. The molecule has 7 nitrogen and oxygen atoms in total. The zero-order valence-corrected chi connectivity index (χ0v) is 15.8. The molecule has 1 unspecified atom stereocenters. The largest absolute Gasteiger partial charge is 0.322 e. The van der Waals surface area contributed by atoms with Gasteiger partial charge >= 0.3 is 0 Å². The fourth-order valence-corrected chi connectivity index (χ4v) is 5.91. The summed E-state index contributed by atoms with van der Waals surface area (Å²) in [5.74, 6) is 0.433.